The Kier molecular flexibility index (Phi) is 4.70. The number of carbonyl (C=O) groups excluding carboxylic acids is 1. The van der Waals surface area contributed by atoms with Gasteiger partial charge in [0.15, 0.2) is 0 Å². The number of fused-ring (bicyclic) bond motifs is 1. The van der Waals surface area contributed by atoms with Crippen LogP contribution in [0.3, 0.4) is 0 Å². The van der Waals surface area contributed by atoms with Crippen molar-refractivity contribution in [2.24, 2.45) is 5.92 Å². The van der Waals surface area contributed by atoms with Gasteiger partial charge in [-0.05, 0) is 37.5 Å². The highest BCUT2D eigenvalue weighted by molar-refractivity contribution is 7.18. The van der Waals surface area contributed by atoms with Crippen LogP contribution in [0, 0.1) is 11.7 Å². The van der Waals surface area contributed by atoms with Gasteiger partial charge in [0.1, 0.15) is 16.7 Å². The van der Waals surface area contributed by atoms with Crippen molar-refractivity contribution >= 4 is 27.5 Å². The van der Waals surface area contributed by atoms with E-state index in [9.17, 15) is 9.18 Å². The SMILES string of the molecule is CCOC(=O)C(CC(C)C)c1nc2ccc(F)cc2s1. The number of benzene rings is 1. The third-order valence-electron chi connectivity index (χ3n) is 2.94. The molecule has 3 nitrogen and oxygen atoms in total. The number of hydrogen-bond acceptors (Lipinski definition) is 4. The summed E-state index contributed by atoms with van der Waals surface area (Å²) in [4.78, 5) is 16.6. The molecule has 0 bridgehead atoms. The lowest BCUT2D eigenvalue weighted by atomic mass is 9.98. The van der Waals surface area contributed by atoms with Gasteiger partial charge in [-0.1, -0.05) is 13.8 Å². The van der Waals surface area contributed by atoms with Crippen LogP contribution in [0.2, 0.25) is 0 Å². The maximum absolute atomic E-state index is 13.2. The van der Waals surface area contributed by atoms with E-state index in [1.54, 1.807) is 13.0 Å². The van der Waals surface area contributed by atoms with E-state index in [2.05, 4.69) is 18.8 Å². The fraction of sp³-hybridized carbons (Fsp3) is 0.467. The van der Waals surface area contributed by atoms with Crippen molar-refractivity contribution in [3.05, 3.63) is 29.0 Å². The van der Waals surface area contributed by atoms with E-state index in [0.717, 1.165) is 10.2 Å². The molecule has 1 unspecified atom stereocenters. The lowest BCUT2D eigenvalue weighted by molar-refractivity contribution is -0.145. The first-order valence-electron chi connectivity index (χ1n) is 6.74. The predicted molar refractivity (Wildman–Crippen MR) is 78.4 cm³/mol. The quantitative estimate of drug-likeness (QED) is 0.779. The van der Waals surface area contributed by atoms with Crippen LogP contribution in [0.5, 0.6) is 0 Å². The first-order chi connectivity index (χ1) is 9.51. The van der Waals surface area contributed by atoms with Crippen LogP contribution in [0.1, 0.15) is 38.1 Å². The molecule has 0 radical (unpaired) electrons. The Bertz CT molecular complexity index is 609. The number of thiazole rings is 1. The second-order valence-electron chi connectivity index (χ2n) is 5.10. The molecule has 0 saturated heterocycles. The molecule has 0 aliphatic carbocycles. The monoisotopic (exact) mass is 295 g/mol. The summed E-state index contributed by atoms with van der Waals surface area (Å²) in [6, 6.07) is 4.48. The lowest BCUT2D eigenvalue weighted by Crippen LogP contribution is -2.17. The van der Waals surface area contributed by atoms with E-state index in [-0.39, 0.29) is 17.7 Å². The highest BCUT2D eigenvalue weighted by Gasteiger charge is 2.26. The Morgan fingerprint density at radius 2 is 2.20 bits per heavy atom. The molecule has 1 atom stereocenters. The molecule has 1 aromatic carbocycles. The average Bonchev–Trinajstić information content (AvgIpc) is 2.78. The highest BCUT2D eigenvalue weighted by atomic mass is 32.1. The molecule has 0 N–H and O–H groups in total. The average molecular weight is 295 g/mol. The maximum Gasteiger partial charge on any atom is 0.315 e. The Balaban J connectivity index is 2.36. The van der Waals surface area contributed by atoms with Crippen molar-refractivity contribution in [3.63, 3.8) is 0 Å². The van der Waals surface area contributed by atoms with E-state index in [0.29, 0.717) is 24.0 Å². The minimum absolute atomic E-state index is 0.249. The minimum Gasteiger partial charge on any atom is -0.465 e. The fourth-order valence-electron chi connectivity index (χ4n) is 2.08. The van der Waals surface area contributed by atoms with Gasteiger partial charge in [0.05, 0.1) is 16.8 Å². The van der Waals surface area contributed by atoms with Gasteiger partial charge in [-0.2, -0.15) is 0 Å². The maximum atomic E-state index is 13.2. The van der Waals surface area contributed by atoms with Gasteiger partial charge in [-0.15, -0.1) is 11.3 Å². The topological polar surface area (TPSA) is 39.2 Å². The van der Waals surface area contributed by atoms with Crippen LogP contribution < -0.4 is 0 Å². The number of nitrogens with zero attached hydrogens (tertiary/aromatic N) is 1. The van der Waals surface area contributed by atoms with E-state index in [1.165, 1.54) is 23.5 Å². The summed E-state index contributed by atoms with van der Waals surface area (Å²) in [6.07, 6.45) is 0.682. The normalized spacial score (nSPS) is 12.8. The van der Waals surface area contributed by atoms with Crippen LogP contribution in [-0.4, -0.2) is 17.6 Å². The molecule has 0 amide bonds. The van der Waals surface area contributed by atoms with E-state index < -0.39 is 0 Å². The zero-order valence-corrected chi connectivity index (χ0v) is 12.7. The molecular weight excluding hydrogens is 277 g/mol. The van der Waals surface area contributed by atoms with Gasteiger partial charge in [0, 0.05) is 0 Å². The molecule has 0 aliphatic rings. The molecule has 0 spiro atoms. The number of carbonyl (C=O) groups is 1. The molecule has 1 heterocycles. The summed E-state index contributed by atoms with van der Waals surface area (Å²) in [5, 5.41) is 0.706. The number of rotatable bonds is 5. The van der Waals surface area contributed by atoms with Crippen molar-refractivity contribution in [3.8, 4) is 0 Å². The van der Waals surface area contributed by atoms with Crippen molar-refractivity contribution in [1.82, 2.24) is 4.98 Å². The number of aromatic nitrogens is 1. The molecule has 0 aliphatic heterocycles. The van der Waals surface area contributed by atoms with E-state index in [1.807, 2.05) is 0 Å². The highest BCUT2D eigenvalue weighted by Crippen LogP contribution is 2.32. The number of halogens is 1. The van der Waals surface area contributed by atoms with E-state index >= 15 is 0 Å². The molecule has 108 valence electrons. The summed E-state index contributed by atoms with van der Waals surface area (Å²) in [5.74, 6) is -0.548. The number of hydrogen-bond donors (Lipinski definition) is 0. The summed E-state index contributed by atoms with van der Waals surface area (Å²) >= 11 is 1.36. The van der Waals surface area contributed by atoms with Crippen LogP contribution in [0.25, 0.3) is 10.2 Å². The lowest BCUT2D eigenvalue weighted by Gasteiger charge is -2.14. The molecule has 1 aromatic heterocycles. The van der Waals surface area contributed by atoms with Crippen LogP contribution in [0.15, 0.2) is 18.2 Å². The van der Waals surface area contributed by atoms with Crippen LogP contribution in [-0.2, 0) is 9.53 Å². The van der Waals surface area contributed by atoms with Crippen LogP contribution in [0.4, 0.5) is 4.39 Å². The van der Waals surface area contributed by atoms with Gasteiger partial charge >= 0.3 is 5.97 Å². The summed E-state index contributed by atoms with van der Waals surface area (Å²) in [6.45, 7) is 6.25. The molecule has 5 heteroatoms. The second kappa shape index (κ2) is 6.31. The smallest absolute Gasteiger partial charge is 0.315 e. The number of esters is 1. The summed E-state index contributed by atoms with van der Waals surface area (Å²) in [7, 11) is 0. The van der Waals surface area contributed by atoms with E-state index in [4.69, 9.17) is 4.74 Å². The largest absolute Gasteiger partial charge is 0.465 e. The molecule has 0 saturated carbocycles. The molecule has 0 fully saturated rings. The van der Waals surface area contributed by atoms with Gasteiger partial charge in [-0.3, -0.25) is 4.79 Å². The Morgan fingerprint density at radius 3 is 2.85 bits per heavy atom. The van der Waals surface area contributed by atoms with Gasteiger partial charge in [-0.25, -0.2) is 9.37 Å². The molecule has 2 aromatic rings. The third-order valence-corrected chi connectivity index (χ3v) is 4.08. The third kappa shape index (κ3) is 3.33. The number of ether oxygens (including phenoxy) is 1. The predicted octanol–water partition coefficient (Wildman–Crippen LogP) is 4.13. The summed E-state index contributed by atoms with van der Waals surface area (Å²) < 4.78 is 19.1. The molecule has 20 heavy (non-hydrogen) atoms. The fourth-order valence-corrected chi connectivity index (χ4v) is 3.17. The van der Waals surface area contributed by atoms with Gasteiger partial charge in [0.2, 0.25) is 0 Å². The first-order valence-corrected chi connectivity index (χ1v) is 7.55. The van der Waals surface area contributed by atoms with Crippen molar-refractivity contribution in [2.45, 2.75) is 33.1 Å². The van der Waals surface area contributed by atoms with Gasteiger partial charge in [0.25, 0.3) is 0 Å². The zero-order valence-electron chi connectivity index (χ0n) is 11.9. The van der Waals surface area contributed by atoms with Crippen molar-refractivity contribution < 1.29 is 13.9 Å². The molecular formula is C15H18FNO2S. The van der Waals surface area contributed by atoms with Crippen molar-refractivity contribution in [2.75, 3.05) is 6.61 Å². The zero-order chi connectivity index (χ0) is 14.7. The Morgan fingerprint density at radius 1 is 1.45 bits per heavy atom. The summed E-state index contributed by atoms with van der Waals surface area (Å²) in [5.41, 5.74) is 0.726. The Hall–Kier alpha value is -1.49. The van der Waals surface area contributed by atoms with Crippen LogP contribution >= 0.6 is 11.3 Å². The van der Waals surface area contributed by atoms with Gasteiger partial charge < -0.3 is 4.74 Å². The second-order valence-corrected chi connectivity index (χ2v) is 6.16. The van der Waals surface area contributed by atoms with Crippen molar-refractivity contribution in [1.29, 1.82) is 0 Å². The first kappa shape index (κ1) is 14.9. The molecule has 2 rings (SSSR count). The Labute approximate surface area is 121 Å². The standard InChI is InChI=1S/C15H18FNO2S/c1-4-19-15(18)11(7-9(2)3)14-17-12-6-5-10(16)8-13(12)20-14/h5-6,8-9,11H,4,7H2,1-3H3. The minimum atomic E-state index is -0.365.